The Kier molecular flexibility index (Phi) is 4.18. The lowest BCUT2D eigenvalue weighted by atomic mass is 9.50. The highest BCUT2D eigenvalue weighted by atomic mass is 16.3. The highest BCUT2D eigenvalue weighted by molar-refractivity contribution is 5.83. The standard InChI is InChI=1S/C22H34O2/c1-13-4-5-15-16-8-9-22(3)19(6-7-20(22)21(24)12-23)18(16)11-14(2)17(15)10-13/h13,15-16,18-20,23H,4-12H2,1-3H3. The third kappa shape index (κ3) is 2.35. The molecule has 0 aromatic heterocycles. The monoisotopic (exact) mass is 330 g/mol. The quantitative estimate of drug-likeness (QED) is 0.741. The molecule has 134 valence electrons. The lowest BCUT2D eigenvalue weighted by molar-refractivity contribution is -0.131. The van der Waals surface area contributed by atoms with Crippen LogP contribution in [0.25, 0.3) is 0 Å². The van der Waals surface area contributed by atoms with E-state index in [4.69, 9.17) is 0 Å². The van der Waals surface area contributed by atoms with E-state index in [-0.39, 0.29) is 23.7 Å². The molecular formula is C22H34O2. The van der Waals surface area contributed by atoms with Crippen molar-refractivity contribution in [2.75, 3.05) is 6.61 Å². The van der Waals surface area contributed by atoms with Gasteiger partial charge in [-0.1, -0.05) is 25.0 Å². The predicted molar refractivity (Wildman–Crippen MR) is 96.4 cm³/mol. The first-order valence-electron chi connectivity index (χ1n) is 10.3. The summed E-state index contributed by atoms with van der Waals surface area (Å²) in [6.45, 7) is 6.93. The van der Waals surface area contributed by atoms with Crippen molar-refractivity contribution in [1.82, 2.24) is 0 Å². The summed E-state index contributed by atoms with van der Waals surface area (Å²) in [4.78, 5) is 12.3. The third-order valence-corrected chi connectivity index (χ3v) is 8.63. The Morgan fingerprint density at radius 1 is 1.12 bits per heavy atom. The number of ketones is 1. The van der Waals surface area contributed by atoms with Crippen LogP contribution >= 0.6 is 0 Å². The largest absolute Gasteiger partial charge is 0.389 e. The molecule has 0 amide bonds. The van der Waals surface area contributed by atoms with Gasteiger partial charge in [-0.05, 0) is 93.3 Å². The average Bonchev–Trinajstić information content (AvgIpc) is 2.92. The van der Waals surface area contributed by atoms with Crippen LogP contribution in [0.5, 0.6) is 0 Å². The second-order valence-corrected chi connectivity index (χ2v) is 9.74. The normalized spacial score (nSPS) is 47.8. The lowest BCUT2D eigenvalue weighted by Gasteiger charge is -2.54. The molecule has 4 aliphatic rings. The first kappa shape index (κ1) is 16.8. The van der Waals surface area contributed by atoms with Crippen LogP contribution in [0.3, 0.4) is 0 Å². The van der Waals surface area contributed by atoms with Crippen LogP contribution in [0.1, 0.15) is 72.1 Å². The minimum Gasteiger partial charge on any atom is -0.389 e. The van der Waals surface area contributed by atoms with E-state index in [1.54, 1.807) is 5.57 Å². The molecule has 3 fully saturated rings. The zero-order valence-corrected chi connectivity index (χ0v) is 15.7. The second kappa shape index (κ2) is 5.97. The molecule has 0 aromatic carbocycles. The number of Topliss-reactive ketones (excluding diaryl/α,β-unsaturated/α-hetero) is 1. The maximum absolute atomic E-state index is 12.3. The van der Waals surface area contributed by atoms with E-state index >= 15 is 0 Å². The number of hydrogen-bond donors (Lipinski definition) is 1. The zero-order valence-electron chi connectivity index (χ0n) is 15.7. The Balaban J connectivity index is 1.63. The molecule has 3 saturated carbocycles. The van der Waals surface area contributed by atoms with Crippen LogP contribution in [0.2, 0.25) is 0 Å². The van der Waals surface area contributed by atoms with Gasteiger partial charge in [0, 0.05) is 5.92 Å². The minimum atomic E-state index is -0.259. The molecule has 0 aromatic rings. The Hall–Kier alpha value is -0.630. The van der Waals surface area contributed by atoms with E-state index in [9.17, 15) is 9.90 Å². The van der Waals surface area contributed by atoms with Gasteiger partial charge in [0.1, 0.15) is 6.61 Å². The van der Waals surface area contributed by atoms with Crippen molar-refractivity contribution in [2.24, 2.45) is 40.9 Å². The van der Waals surface area contributed by atoms with E-state index in [2.05, 4.69) is 20.8 Å². The molecule has 2 heteroatoms. The Morgan fingerprint density at radius 3 is 2.67 bits per heavy atom. The van der Waals surface area contributed by atoms with Gasteiger partial charge in [0.15, 0.2) is 5.78 Å². The van der Waals surface area contributed by atoms with Crippen molar-refractivity contribution in [3.8, 4) is 0 Å². The molecule has 0 spiro atoms. The molecule has 0 heterocycles. The number of aliphatic hydroxyl groups excluding tert-OH is 1. The zero-order chi connectivity index (χ0) is 17.1. The van der Waals surface area contributed by atoms with Crippen molar-refractivity contribution in [3.05, 3.63) is 11.1 Å². The molecule has 4 aliphatic carbocycles. The summed E-state index contributed by atoms with van der Waals surface area (Å²) in [5.41, 5.74) is 3.66. The maximum atomic E-state index is 12.3. The van der Waals surface area contributed by atoms with Crippen molar-refractivity contribution < 1.29 is 9.90 Å². The fourth-order valence-corrected chi connectivity index (χ4v) is 7.46. The number of carbonyl (C=O) groups excluding carboxylic acids is 1. The number of hydrogen-bond acceptors (Lipinski definition) is 2. The highest BCUT2D eigenvalue weighted by Gasteiger charge is 2.57. The fraction of sp³-hybridized carbons (Fsp3) is 0.864. The SMILES string of the molecule is CC1=C2CC(C)CCC2C2CCC3(C)C(C(=O)CO)CCC3C2C1. The van der Waals surface area contributed by atoms with E-state index in [0.717, 1.165) is 30.1 Å². The van der Waals surface area contributed by atoms with Crippen LogP contribution in [0.4, 0.5) is 0 Å². The summed E-state index contributed by atoms with van der Waals surface area (Å²) in [6.07, 6.45) is 10.2. The van der Waals surface area contributed by atoms with Crippen molar-refractivity contribution in [3.63, 3.8) is 0 Å². The van der Waals surface area contributed by atoms with Gasteiger partial charge in [0.2, 0.25) is 0 Å². The summed E-state index contributed by atoms with van der Waals surface area (Å²) in [5.74, 6) is 4.30. The lowest BCUT2D eigenvalue weighted by Crippen LogP contribution is -2.47. The van der Waals surface area contributed by atoms with Gasteiger partial charge in [-0.25, -0.2) is 0 Å². The van der Waals surface area contributed by atoms with Crippen LogP contribution in [-0.4, -0.2) is 17.5 Å². The van der Waals surface area contributed by atoms with Gasteiger partial charge >= 0.3 is 0 Å². The van der Waals surface area contributed by atoms with E-state index in [1.807, 2.05) is 5.57 Å². The average molecular weight is 331 g/mol. The van der Waals surface area contributed by atoms with E-state index in [0.29, 0.717) is 5.92 Å². The predicted octanol–water partition coefficient (Wildman–Crippen LogP) is 4.76. The van der Waals surface area contributed by atoms with E-state index < -0.39 is 0 Å². The topological polar surface area (TPSA) is 37.3 Å². The first-order valence-corrected chi connectivity index (χ1v) is 10.3. The number of carbonyl (C=O) groups is 1. The van der Waals surface area contributed by atoms with Gasteiger partial charge in [-0.15, -0.1) is 0 Å². The van der Waals surface area contributed by atoms with Crippen LogP contribution < -0.4 is 0 Å². The molecule has 7 atom stereocenters. The molecule has 4 rings (SSSR count). The maximum Gasteiger partial charge on any atom is 0.161 e. The molecule has 7 unspecified atom stereocenters. The molecule has 1 N–H and O–H groups in total. The van der Waals surface area contributed by atoms with Gasteiger partial charge in [-0.2, -0.15) is 0 Å². The number of fused-ring (bicyclic) bond motifs is 5. The highest BCUT2D eigenvalue weighted by Crippen LogP contribution is 2.64. The van der Waals surface area contributed by atoms with Crippen molar-refractivity contribution in [2.45, 2.75) is 72.1 Å². The second-order valence-electron chi connectivity index (χ2n) is 9.74. The van der Waals surface area contributed by atoms with Crippen LogP contribution in [-0.2, 0) is 4.79 Å². The Labute approximate surface area is 147 Å². The summed E-state index contributed by atoms with van der Waals surface area (Å²) >= 11 is 0. The van der Waals surface area contributed by atoms with E-state index in [1.165, 1.54) is 44.9 Å². The smallest absolute Gasteiger partial charge is 0.161 e. The number of allylic oxidation sites excluding steroid dienone is 2. The molecule has 0 saturated heterocycles. The van der Waals surface area contributed by atoms with Crippen LogP contribution in [0, 0.1) is 40.9 Å². The molecule has 0 aliphatic heterocycles. The van der Waals surface area contributed by atoms with Gasteiger partial charge in [0.05, 0.1) is 0 Å². The third-order valence-electron chi connectivity index (χ3n) is 8.63. The van der Waals surface area contributed by atoms with Gasteiger partial charge < -0.3 is 5.11 Å². The Morgan fingerprint density at radius 2 is 1.92 bits per heavy atom. The van der Waals surface area contributed by atoms with Crippen molar-refractivity contribution in [1.29, 1.82) is 0 Å². The summed E-state index contributed by atoms with van der Waals surface area (Å²) in [6, 6.07) is 0. The molecule has 0 bridgehead atoms. The molecule has 24 heavy (non-hydrogen) atoms. The summed E-state index contributed by atoms with van der Waals surface area (Å²) in [7, 11) is 0. The Bertz CT molecular complexity index is 562. The van der Waals surface area contributed by atoms with Crippen LogP contribution in [0.15, 0.2) is 11.1 Å². The number of aliphatic hydroxyl groups is 1. The minimum absolute atomic E-state index is 0.105. The summed E-state index contributed by atoms with van der Waals surface area (Å²) < 4.78 is 0. The number of rotatable bonds is 2. The summed E-state index contributed by atoms with van der Waals surface area (Å²) in [5, 5.41) is 9.40. The first-order chi connectivity index (χ1) is 11.5. The van der Waals surface area contributed by atoms with Gasteiger partial charge in [0.25, 0.3) is 0 Å². The van der Waals surface area contributed by atoms with Crippen molar-refractivity contribution >= 4 is 5.78 Å². The molecule has 2 nitrogen and oxygen atoms in total. The molecule has 0 radical (unpaired) electrons. The molecular weight excluding hydrogens is 296 g/mol. The fourth-order valence-electron chi connectivity index (χ4n) is 7.46. The van der Waals surface area contributed by atoms with Gasteiger partial charge in [-0.3, -0.25) is 4.79 Å².